The third-order valence-corrected chi connectivity index (χ3v) is 6.99. The summed E-state index contributed by atoms with van der Waals surface area (Å²) >= 11 is 0. The third-order valence-electron chi connectivity index (χ3n) is 5.35. The molecule has 38 heavy (non-hydrogen) atoms. The number of para-hydroxylation sites is 1. The molecule has 1 aromatic heterocycles. The highest BCUT2D eigenvalue weighted by Crippen LogP contribution is 2.46. The van der Waals surface area contributed by atoms with Gasteiger partial charge in [0.25, 0.3) is 5.56 Å². The van der Waals surface area contributed by atoms with Gasteiger partial charge in [0.2, 0.25) is 0 Å². The van der Waals surface area contributed by atoms with E-state index < -0.39 is 67.8 Å². The van der Waals surface area contributed by atoms with E-state index in [1.54, 1.807) is 32.0 Å². The van der Waals surface area contributed by atoms with Gasteiger partial charge in [-0.25, -0.2) is 9.36 Å². The van der Waals surface area contributed by atoms with Crippen LogP contribution < -0.4 is 20.9 Å². The number of H-pyrrole nitrogens is 1. The van der Waals surface area contributed by atoms with Crippen LogP contribution in [0, 0.1) is 11.8 Å². The molecule has 0 spiro atoms. The molecule has 1 aromatic carbocycles. The van der Waals surface area contributed by atoms with Gasteiger partial charge in [-0.1, -0.05) is 24.1 Å². The Hall–Kier alpha value is -3.24. The second-order valence-electron chi connectivity index (χ2n) is 8.72. The molecule has 4 N–H and O–H groups in total. The molecule has 0 bridgehead atoms. The monoisotopic (exact) mass is 551 g/mol. The number of carbonyl (C=O) groups is 1. The Morgan fingerprint density at radius 3 is 2.55 bits per heavy atom. The van der Waals surface area contributed by atoms with Crippen molar-refractivity contribution in [3.63, 3.8) is 0 Å². The van der Waals surface area contributed by atoms with E-state index in [0.29, 0.717) is 0 Å². The van der Waals surface area contributed by atoms with Gasteiger partial charge < -0.3 is 24.2 Å². The second-order valence-corrected chi connectivity index (χ2v) is 10.4. The number of benzene rings is 1. The number of aromatic nitrogens is 2. The largest absolute Gasteiger partial charge is 0.462 e. The van der Waals surface area contributed by atoms with Gasteiger partial charge in [0.15, 0.2) is 11.8 Å². The average Bonchev–Trinajstić information content (AvgIpc) is 3.08. The van der Waals surface area contributed by atoms with Gasteiger partial charge in [0.05, 0.1) is 12.7 Å². The number of rotatable bonds is 10. The van der Waals surface area contributed by atoms with Crippen LogP contribution in [-0.2, 0) is 23.4 Å². The lowest BCUT2D eigenvalue weighted by atomic mass is 9.94. The summed E-state index contributed by atoms with van der Waals surface area (Å²) in [6.07, 6.45) is -4.00. The van der Waals surface area contributed by atoms with Crippen LogP contribution in [0.3, 0.4) is 0 Å². The van der Waals surface area contributed by atoms with Gasteiger partial charge in [-0.2, -0.15) is 5.09 Å². The predicted molar refractivity (Wildman–Crippen MR) is 134 cm³/mol. The van der Waals surface area contributed by atoms with E-state index in [1.807, 2.05) is 4.98 Å². The lowest BCUT2D eigenvalue weighted by Crippen LogP contribution is -2.48. The Kier molecular flexibility index (Phi) is 9.32. The number of nitrogens with zero attached hydrogens (tertiary/aromatic N) is 1. The molecule has 2 aromatic rings. The number of aliphatic hydroxyl groups is 2. The van der Waals surface area contributed by atoms with Crippen LogP contribution >= 0.6 is 7.75 Å². The topological polar surface area (TPSA) is 178 Å². The Balaban J connectivity index is 1.86. The first-order valence-corrected chi connectivity index (χ1v) is 13.2. The number of hydrogen-bond donors (Lipinski definition) is 4. The van der Waals surface area contributed by atoms with E-state index in [4.69, 9.17) is 18.5 Å². The molecule has 1 aliphatic heterocycles. The van der Waals surface area contributed by atoms with Gasteiger partial charge in [0.1, 0.15) is 24.0 Å². The standard InChI is InChI=1S/C24H30N3O10P/c1-5-12-24(32)20(29)18(36-22(24)27-13-11-19(28)25-23(27)31)14-34-38(33,37-17-9-7-6-8-10-17)26-16(4)21(30)35-15(2)3/h6-11,13,15-16,18,20,22,29,32H,14H2,1-4H3,(H,26,33)(H,25,28,31)/t16-,18+,20+,22+,24-,38?/m0/s1. The van der Waals surface area contributed by atoms with Crippen LogP contribution in [-0.4, -0.2) is 62.3 Å². The van der Waals surface area contributed by atoms with Gasteiger partial charge in [-0.3, -0.25) is 23.7 Å². The summed E-state index contributed by atoms with van der Waals surface area (Å²) in [5, 5.41) is 24.6. The molecule has 6 atom stereocenters. The Morgan fingerprint density at radius 1 is 1.26 bits per heavy atom. The normalized spacial score (nSPS) is 25.2. The minimum Gasteiger partial charge on any atom is -0.462 e. The maximum atomic E-state index is 13.7. The lowest BCUT2D eigenvalue weighted by Gasteiger charge is -2.26. The van der Waals surface area contributed by atoms with Crippen molar-refractivity contribution in [1.82, 2.24) is 14.6 Å². The maximum absolute atomic E-state index is 13.7. The maximum Gasteiger partial charge on any atom is 0.459 e. The smallest absolute Gasteiger partial charge is 0.459 e. The van der Waals surface area contributed by atoms with E-state index in [-0.39, 0.29) is 5.75 Å². The van der Waals surface area contributed by atoms with Crippen molar-refractivity contribution in [2.45, 2.75) is 63.9 Å². The minimum absolute atomic E-state index is 0.159. The second kappa shape index (κ2) is 12.1. The summed E-state index contributed by atoms with van der Waals surface area (Å²) in [7, 11) is -4.31. The molecule has 1 aliphatic rings. The van der Waals surface area contributed by atoms with E-state index in [9.17, 15) is 29.2 Å². The Bertz CT molecular complexity index is 1350. The van der Waals surface area contributed by atoms with Crippen LogP contribution in [0.15, 0.2) is 52.2 Å². The minimum atomic E-state index is -4.31. The zero-order valence-corrected chi connectivity index (χ0v) is 22.1. The molecule has 3 rings (SSSR count). The summed E-state index contributed by atoms with van der Waals surface area (Å²) in [5.41, 5.74) is -3.88. The predicted octanol–water partition coefficient (Wildman–Crippen LogP) is 0.683. The lowest BCUT2D eigenvalue weighted by molar-refractivity contribution is -0.149. The number of aliphatic hydroxyl groups excluding tert-OH is 1. The van der Waals surface area contributed by atoms with E-state index in [0.717, 1.165) is 16.8 Å². The van der Waals surface area contributed by atoms with Crippen LogP contribution in [0.25, 0.3) is 0 Å². The molecule has 14 heteroatoms. The molecule has 0 saturated carbocycles. The summed E-state index contributed by atoms with van der Waals surface area (Å²) in [5.74, 6) is 4.37. The number of hydrogen-bond acceptors (Lipinski definition) is 10. The molecule has 13 nitrogen and oxygen atoms in total. The molecule has 1 unspecified atom stereocenters. The fraction of sp³-hybridized carbons (Fsp3) is 0.458. The molecular weight excluding hydrogens is 521 g/mol. The molecule has 0 amide bonds. The van der Waals surface area contributed by atoms with Crippen LogP contribution in [0.1, 0.15) is 33.9 Å². The van der Waals surface area contributed by atoms with Gasteiger partial charge in [-0.05, 0) is 39.8 Å². The number of carbonyl (C=O) groups excluding carboxylic acids is 1. The highest BCUT2D eigenvalue weighted by molar-refractivity contribution is 7.52. The number of nitrogens with one attached hydrogen (secondary N) is 2. The van der Waals surface area contributed by atoms with Crippen LogP contribution in [0.5, 0.6) is 5.75 Å². The fourth-order valence-corrected chi connectivity index (χ4v) is 5.14. The number of aromatic amines is 1. The highest BCUT2D eigenvalue weighted by atomic mass is 31.2. The molecule has 1 fully saturated rings. The first-order valence-electron chi connectivity index (χ1n) is 11.7. The Labute approximate surface area is 218 Å². The van der Waals surface area contributed by atoms with Crippen molar-refractivity contribution >= 4 is 13.7 Å². The van der Waals surface area contributed by atoms with Crippen molar-refractivity contribution in [2.75, 3.05) is 6.61 Å². The quantitative estimate of drug-likeness (QED) is 0.185. The van der Waals surface area contributed by atoms with Gasteiger partial charge >= 0.3 is 19.4 Å². The van der Waals surface area contributed by atoms with E-state index in [2.05, 4.69) is 16.9 Å². The van der Waals surface area contributed by atoms with Crippen molar-refractivity contribution in [3.05, 3.63) is 63.4 Å². The zero-order valence-electron chi connectivity index (χ0n) is 21.2. The molecule has 0 radical (unpaired) electrons. The summed E-state index contributed by atoms with van der Waals surface area (Å²) in [6.45, 7) is 5.51. The molecule has 2 heterocycles. The number of ether oxygens (including phenoxy) is 2. The molecular formula is C24H30N3O10P. The van der Waals surface area contributed by atoms with Crippen LogP contribution in [0.2, 0.25) is 0 Å². The first kappa shape index (κ1) is 29.3. The zero-order chi connectivity index (χ0) is 28.1. The van der Waals surface area contributed by atoms with Gasteiger partial charge in [-0.15, -0.1) is 5.92 Å². The molecule has 1 saturated heterocycles. The summed E-state index contributed by atoms with van der Waals surface area (Å²) in [4.78, 5) is 38.2. The SMILES string of the molecule is CC#C[C@]1(O)[C@H](O)[C@@H](COP(=O)(N[C@@H](C)C(=O)OC(C)C)Oc2ccccc2)O[C@H]1n1ccc(=O)[nH]c1=O. The first-order chi connectivity index (χ1) is 17.9. The number of esters is 1. The van der Waals surface area contributed by atoms with E-state index in [1.165, 1.54) is 26.0 Å². The fourth-order valence-electron chi connectivity index (χ4n) is 3.64. The van der Waals surface area contributed by atoms with Crippen molar-refractivity contribution in [1.29, 1.82) is 0 Å². The van der Waals surface area contributed by atoms with Gasteiger partial charge in [0, 0.05) is 12.3 Å². The summed E-state index contributed by atoms with van der Waals surface area (Å²) in [6, 6.07) is 7.94. The van der Waals surface area contributed by atoms with Crippen molar-refractivity contribution < 1.29 is 38.1 Å². The highest BCUT2D eigenvalue weighted by Gasteiger charge is 2.56. The van der Waals surface area contributed by atoms with Crippen molar-refractivity contribution in [2.24, 2.45) is 0 Å². The Morgan fingerprint density at radius 2 is 1.95 bits per heavy atom. The molecule has 0 aliphatic carbocycles. The third kappa shape index (κ3) is 6.79. The average molecular weight is 551 g/mol. The van der Waals surface area contributed by atoms with E-state index >= 15 is 0 Å². The van der Waals surface area contributed by atoms with Crippen LogP contribution in [0.4, 0.5) is 0 Å². The van der Waals surface area contributed by atoms with Crippen molar-refractivity contribution in [3.8, 4) is 17.6 Å². The summed E-state index contributed by atoms with van der Waals surface area (Å²) < 4.78 is 36.5. The molecule has 206 valence electrons.